The minimum Gasteiger partial charge on any atom is -0.314 e. The zero-order valence-electron chi connectivity index (χ0n) is 8.59. The van der Waals surface area contributed by atoms with Crippen molar-refractivity contribution < 1.29 is 4.39 Å². The number of rotatable bonds is 5. The first-order chi connectivity index (χ1) is 6.72. The van der Waals surface area contributed by atoms with E-state index >= 15 is 0 Å². The van der Waals surface area contributed by atoms with Gasteiger partial charge in [-0.05, 0) is 31.7 Å². The second kappa shape index (κ2) is 6.04. The molecule has 3 heteroatoms. The smallest absolute Gasteiger partial charge is 0.124 e. The number of nitrogens with one attached hydrogen (secondary N) is 1. The summed E-state index contributed by atoms with van der Waals surface area (Å²) >= 11 is 1.68. The summed E-state index contributed by atoms with van der Waals surface area (Å²) in [6, 6.07) is 7.19. The van der Waals surface area contributed by atoms with Gasteiger partial charge in [-0.15, -0.1) is 11.8 Å². The van der Waals surface area contributed by atoms with Crippen molar-refractivity contribution in [3.05, 3.63) is 30.1 Å². The van der Waals surface area contributed by atoms with Crippen molar-refractivity contribution in [2.45, 2.75) is 24.8 Å². The van der Waals surface area contributed by atoms with Crippen LogP contribution in [0, 0.1) is 5.82 Å². The Kier molecular flexibility index (Phi) is 4.98. The van der Waals surface area contributed by atoms with E-state index in [1.54, 1.807) is 23.9 Å². The third-order valence-corrected chi connectivity index (χ3v) is 3.10. The van der Waals surface area contributed by atoms with Crippen LogP contribution in [0.2, 0.25) is 0 Å². The fourth-order valence-electron chi connectivity index (χ4n) is 1.19. The van der Waals surface area contributed by atoms with E-state index in [1.165, 1.54) is 6.07 Å². The molecule has 0 aliphatic heterocycles. The van der Waals surface area contributed by atoms with Gasteiger partial charge in [0.05, 0.1) is 0 Å². The highest BCUT2D eigenvalue weighted by Gasteiger charge is 2.01. The molecular formula is C11H16FNS. The first kappa shape index (κ1) is 11.5. The quantitative estimate of drug-likeness (QED) is 0.755. The van der Waals surface area contributed by atoms with Crippen molar-refractivity contribution in [2.24, 2.45) is 0 Å². The Bertz CT molecular complexity index is 278. The van der Waals surface area contributed by atoms with Crippen molar-refractivity contribution in [3.8, 4) is 0 Å². The zero-order chi connectivity index (χ0) is 10.4. The molecule has 1 aromatic rings. The van der Waals surface area contributed by atoms with E-state index in [0.29, 0.717) is 6.04 Å². The van der Waals surface area contributed by atoms with Crippen molar-refractivity contribution in [1.82, 2.24) is 5.32 Å². The molecule has 0 amide bonds. The highest BCUT2D eigenvalue weighted by Crippen LogP contribution is 2.19. The Morgan fingerprint density at radius 2 is 2.29 bits per heavy atom. The van der Waals surface area contributed by atoms with E-state index in [-0.39, 0.29) is 5.82 Å². The van der Waals surface area contributed by atoms with Gasteiger partial charge in [-0.25, -0.2) is 4.39 Å². The Morgan fingerprint density at radius 3 is 2.93 bits per heavy atom. The molecule has 0 bridgehead atoms. The average Bonchev–Trinajstić information content (AvgIpc) is 2.15. The molecule has 0 spiro atoms. The van der Waals surface area contributed by atoms with Gasteiger partial charge in [-0.2, -0.15) is 0 Å². The summed E-state index contributed by atoms with van der Waals surface area (Å²) in [5.41, 5.74) is 0. The van der Waals surface area contributed by atoms with E-state index in [4.69, 9.17) is 0 Å². The van der Waals surface area contributed by atoms with Gasteiger partial charge in [-0.3, -0.25) is 0 Å². The van der Waals surface area contributed by atoms with E-state index in [2.05, 4.69) is 19.2 Å². The Labute approximate surface area is 89.1 Å². The van der Waals surface area contributed by atoms with Gasteiger partial charge in [0.25, 0.3) is 0 Å². The van der Waals surface area contributed by atoms with E-state index < -0.39 is 0 Å². The number of hydrogen-bond acceptors (Lipinski definition) is 2. The molecule has 0 radical (unpaired) electrons. The number of halogens is 1. The molecule has 1 rings (SSSR count). The van der Waals surface area contributed by atoms with Crippen molar-refractivity contribution in [3.63, 3.8) is 0 Å². The van der Waals surface area contributed by atoms with E-state index in [1.807, 2.05) is 6.07 Å². The molecule has 0 saturated heterocycles. The first-order valence-corrected chi connectivity index (χ1v) is 5.82. The van der Waals surface area contributed by atoms with Crippen LogP contribution >= 0.6 is 11.8 Å². The second-order valence-electron chi connectivity index (χ2n) is 3.23. The predicted octanol–water partition coefficient (Wildman–Crippen LogP) is 2.92. The third-order valence-electron chi connectivity index (χ3n) is 1.85. The molecule has 1 N–H and O–H groups in total. The first-order valence-electron chi connectivity index (χ1n) is 4.84. The predicted molar refractivity (Wildman–Crippen MR) is 60.3 cm³/mol. The van der Waals surface area contributed by atoms with Crippen molar-refractivity contribution >= 4 is 11.8 Å². The van der Waals surface area contributed by atoms with Crippen molar-refractivity contribution in [2.75, 3.05) is 12.3 Å². The molecule has 0 heterocycles. The van der Waals surface area contributed by atoms with Crippen LogP contribution in [-0.2, 0) is 0 Å². The minimum absolute atomic E-state index is 0.161. The van der Waals surface area contributed by atoms with Gasteiger partial charge in [0.15, 0.2) is 0 Å². The topological polar surface area (TPSA) is 12.0 Å². The zero-order valence-corrected chi connectivity index (χ0v) is 9.40. The lowest BCUT2D eigenvalue weighted by Crippen LogP contribution is -2.27. The van der Waals surface area contributed by atoms with Crippen LogP contribution in [0.15, 0.2) is 29.2 Å². The number of hydrogen-bond donors (Lipinski definition) is 1. The highest BCUT2D eigenvalue weighted by molar-refractivity contribution is 7.99. The highest BCUT2D eigenvalue weighted by atomic mass is 32.2. The summed E-state index contributed by atoms with van der Waals surface area (Å²) in [7, 11) is 0. The van der Waals surface area contributed by atoms with Gasteiger partial charge >= 0.3 is 0 Å². The molecular weight excluding hydrogens is 197 g/mol. The van der Waals surface area contributed by atoms with Crippen LogP contribution in [0.25, 0.3) is 0 Å². The molecule has 1 aromatic carbocycles. The van der Waals surface area contributed by atoms with Crippen LogP contribution in [-0.4, -0.2) is 18.3 Å². The van der Waals surface area contributed by atoms with Crippen LogP contribution in [0.4, 0.5) is 4.39 Å². The maximum atomic E-state index is 12.8. The fraction of sp³-hybridized carbons (Fsp3) is 0.455. The van der Waals surface area contributed by atoms with Crippen LogP contribution in [0.1, 0.15) is 13.8 Å². The number of thioether (sulfide) groups is 1. The lowest BCUT2D eigenvalue weighted by Gasteiger charge is -2.11. The van der Waals surface area contributed by atoms with E-state index in [9.17, 15) is 4.39 Å². The molecule has 0 aliphatic rings. The molecule has 78 valence electrons. The summed E-state index contributed by atoms with van der Waals surface area (Å²) in [6.45, 7) is 5.20. The monoisotopic (exact) mass is 213 g/mol. The molecule has 14 heavy (non-hydrogen) atoms. The molecule has 0 aromatic heterocycles. The minimum atomic E-state index is -0.161. The van der Waals surface area contributed by atoms with Gasteiger partial charge < -0.3 is 5.32 Å². The maximum absolute atomic E-state index is 12.8. The molecule has 0 fully saturated rings. The Hall–Kier alpha value is -0.540. The largest absolute Gasteiger partial charge is 0.314 e. The third kappa shape index (κ3) is 4.11. The van der Waals surface area contributed by atoms with Crippen LogP contribution in [0.5, 0.6) is 0 Å². The lowest BCUT2D eigenvalue weighted by atomic mass is 10.3. The molecule has 1 nitrogen and oxygen atoms in total. The van der Waals surface area contributed by atoms with Crippen molar-refractivity contribution in [1.29, 1.82) is 0 Å². The SMILES string of the molecule is CCNC(C)CSc1cccc(F)c1. The molecule has 0 aliphatic carbocycles. The fourth-order valence-corrected chi connectivity index (χ4v) is 2.12. The van der Waals surface area contributed by atoms with Gasteiger partial charge in [0.2, 0.25) is 0 Å². The standard InChI is InChI=1S/C11H16FNS/c1-3-13-9(2)8-14-11-6-4-5-10(12)7-11/h4-7,9,13H,3,8H2,1-2H3. The Morgan fingerprint density at radius 1 is 1.50 bits per heavy atom. The molecule has 1 atom stereocenters. The summed E-state index contributed by atoms with van der Waals surface area (Å²) in [5.74, 6) is 0.809. The average molecular weight is 213 g/mol. The second-order valence-corrected chi connectivity index (χ2v) is 4.32. The van der Waals surface area contributed by atoms with Gasteiger partial charge in [-0.1, -0.05) is 13.0 Å². The molecule has 1 unspecified atom stereocenters. The lowest BCUT2D eigenvalue weighted by molar-refractivity contribution is 0.618. The normalized spacial score (nSPS) is 12.8. The summed E-state index contributed by atoms with van der Waals surface area (Å²) in [5, 5.41) is 3.32. The van der Waals surface area contributed by atoms with E-state index in [0.717, 1.165) is 17.2 Å². The van der Waals surface area contributed by atoms with Gasteiger partial charge in [0, 0.05) is 16.7 Å². The maximum Gasteiger partial charge on any atom is 0.124 e. The summed E-state index contributed by atoms with van der Waals surface area (Å²) in [4.78, 5) is 0.995. The van der Waals surface area contributed by atoms with Crippen LogP contribution in [0.3, 0.4) is 0 Å². The number of benzene rings is 1. The van der Waals surface area contributed by atoms with Crippen LogP contribution < -0.4 is 5.32 Å². The summed E-state index contributed by atoms with van der Waals surface area (Å²) in [6.07, 6.45) is 0. The van der Waals surface area contributed by atoms with Gasteiger partial charge in [0.1, 0.15) is 5.82 Å². The molecule has 0 saturated carbocycles. The Balaban J connectivity index is 2.37. The summed E-state index contributed by atoms with van der Waals surface area (Å²) < 4.78 is 12.8.